The van der Waals surface area contributed by atoms with Crippen LogP contribution in [0.3, 0.4) is 0 Å². The predicted molar refractivity (Wildman–Crippen MR) is 146 cm³/mol. The SMILES string of the molecule is CCCc1nc(N2CCCN(C(=O)C3C[C@H]3c3ccccc3)CC2)c2c(C)nn(-c3ccc(F)cc3)c2n1. The van der Waals surface area contributed by atoms with Crippen molar-refractivity contribution in [3.05, 3.63) is 77.5 Å². The molecule has 1 saturated heterocycles. The second-order valence-electron chi connectivity index (χ2n) is 10.4. The van der Waals surface area contributed by atoms with Gasteiger partial charge in [-0.3, -0.25) is 4.79 Å². The standard InChI is InChI=1S/C30H33FN6O/c1-3-8-26-32-28(27-20(2)34-37(29(27)33-26)23-13-11-22(31)12-14-23)35-15-7-16-36(18-17-35)30(38)25-19-24(25)21-9-5-4-6-10-21/h4-6,9-14,24-25H,3,7-8,15-19H2,1-2H3/t24-,25?/m0/s1. The minimum Gasteiger partial charge on any atom is -0.354 e. The van der Waals surface area contributed by atoms with Crippen LogP contribution >= 0.6 is 0 Å². The number of hydrogen-bond acceptors (Lipinski definition) is 5. The fourth-order valence-corrected chi connectivity index (χ4v) is 5.65. The van der Waals surface area contributed by atoms with Crippen molar-refractivity contribution in [2.24, 2.45) is 5.92 Å². The van der Waals surface area contributed by atoms with Crippen molar-refractivity contribution in [2.75, 3.05) is 31.1 Å². The Morgan fingerprint density at radius 3 is 2.55 bits per heavy atom. The van der Waals surface area contributed by atoms with E-state index in [9.17, 15) is 9.18 Å². The molecule has 1 saturated carbocycles. The number of benzene rings is 2. The van der Waals surface area contributed by atoms with E-state index in [1.54, 1.807) is 16.8 Å². The minimum absolute atomic E-state index is 0.0991. The van der Waals surface area contributed by atoms with Crippen molar-refractivity contribution in [1.82, 2.24) is 24.6 Å². The van der Waals surface area contributed by atoms with Crippen LogP contribution in [0.5, 0.6) is 0 Å². The summed E-state index contributed by atoms with van der Waals surface area (Å²) in [5.74, 6) is 2.10. The zero-order chi connectivity index (χ0) is 26.2. The number of fused-ring (bicyclic) bond motifs is 1. The molecule has 0 N–H and O–H groups in total. The van der Waals surface area contributed by atoms with Crippen LogP contribution in [0.2, 0.25) is 0 Å². The average molecular weight is 513 g/mol. The van der Waals surface area contributed by atoms with Gasteiger partial charge in [0.05, 0.1) is 16.8 Å². The summed E-state index contributed by atoms with van der Waals surface area (Å²) in [6, 6.07) is 16.7. The van der Waals surface area contributed by atoms with Gasteiger partial charge in [0.25, 0.3) is 0 Å². The third-order valence-electron chi connectivity index (χ3n) is 7.72. The maximum Gasteiger partial charge on any atom is 0.226 e. The second kappa shape index (κ2) is 10.2. The number of rotatable bonds is 6. The average Bonchev–Trinajstić information content (AvgIpc) is 3.71. The molecular weight excluding hydrogens is 479 g/mol. The fourth-order valence-electron chi connectivity index (χ4n) is 5.65. The van der Waals surface area contributed by atoms with E-state index < -0.39 is 0 Å². The Labute approximate surface area is 222 Å². The van der Waals surface area contributed by atoms with Crippen molar-refractivity contribution in [1.29, 1.82) is 0 Å². The number of amides is 1. The van der Waals surface area contributed by atoms with Gasteiger partial charge in [0, 0.05) is 38.5 Å². The highest BCUT2D eigenvalue weighted by molar-refractivity contribution is 5.91. The largest absolute Gasteiger partial charge is 0.354 e. The highest BCUT2D eigenvalue weighted by Crippen LogP contribution is 2.48. The summed E-state index contributed by atoms with van der Waals surface area (Å²) < 4.78 is 15.4. The number of carbonyl (C=O) groups excluding carboxylic acids is 1. The number of carbonyl (C=O) groups is 1. The molecule has 1 aliphatic carbocycles. The maximum absolute atomic E-state index is 13.6. The van der Waals surface area contributed by atoms with Crippen LogP contribution in [0.1, 0.15) is 49.2 Å². The third kappa shape index (κ3) is 4.64. The lowest BCUT2D eigenvalue weighted by Gasteiger charge is -2.24. The van der Waals surface area contributed by atoms with Crippen molar-refractivity contribution < 1.29 is 9.18 Å². The van der Waals surface area contributed by atoms with Crippen LogP contribution in [0.15, 0.2) is 54.6 Å². The smallest absolute Gasteiger partial charge is 0.226 e. The molecule has 0 spiro atoms. The molecule has 196 valence electrons. The van der Waals surface area contributed by atoms with Gasteiger partial charge < -0.3 is 9.80 Å². The van der Waals surface area contributed by atoms with Crippen LogP contribution in [0.4, 0.5) is 10.2 Å². The third-order valence-corrected chi connectivity index (χ3v) is 7.72. The monoisotopic (exact) mass is 512 g/mol. The van der Waals surface area contributed by atoms with Crippen LogP contribution in [-0.2, 0) is 11.2 Å². The summed E-state index contributed by atoms with van der Waals surface area (Å²) in [5, 5.41) is 5.70. The molecule has 2 atom stereocenters. The zero-order valence-electron chi connectivity index (χ0n) is 22.0. The molecule has 4 aromatic rings. The van der Waals surface area contributed by atoms with Crippen molar-refractivity contribution in [3.63, 3.8) is 0 Å². The Morgan fingerprint density at radius 1 is 1.00 bits per heavy atom. The van der Waals surface area contributed by atoms with Crippen LogP contribution in [0.25, 0.3) is 16.7 Å². The molecule has 2 fully saturated rings. The minimum atomic E-state index is -0.283. The first-order chi connectivity index (χ1) is 18.5. The fraction of sp³-hybridized carbons (Fsp3) is 0.400. The lowest BCUT2D eigenvalue weighted by molar-refractivity contribution is -0.132. The lowest BCUT2D eigenvalue weighted by Crippen LogP contribution is -2.36. The zero-order valence-corrected chi connectivity index (χ0v) is 22.0. The van der Waals surface area contributed by atoms with E-state index in [1.165, 1.54) is 17.7 Å². The first-order valence-electron chi connectivity index (χ1n) is 13.6. The quantitative estimate of drug-likeness (QED) is 0.361. The maximum atomic E-state index is 13.6. The summed E-state index contributed by atoms with van der Waals surface area (Å²) in [4.78, 5) is 27.6. The Morgan fingerprint density at radius 2 is 1.79 bits per heavy atom. The molecule has 8 heteroatoms. The van der Waals surface area contributed by atoms with E-state index in [-0.39, 0.29) is 17.6 Å². The van der Waals surface area contributed by atoms with E-state index in [4.69, 9.17) is 15.1 Å². The molecule has 7 nitrogen and oxygen atoms in total. The molecule has 0 bridgehead atoms. The molecule has 1 unspecified atom stereocenters. The van der Waals surface area contributed by atoms with Gasteiger partial charge in [-0.1, -0.05) is 37.3 Å². The predicted octanol–water partition coefficient (Wildman–Crippen LogP) is 5.06. The van der Waals surface area contributed by atoms with Gasteiger partial charge >= 0.3 is 0 Å². The molecule has 2 aromatic carbocycles. The van der Waals surface area contributed by atoms with Gasteiger partial charge in [-0.2, -0.15) is 5.10 Å². The number of aryl methyl sites for hydroxylation is 2. The van der Waals surface area contributed by atoms with E-state index >= 15 is 0 Å². The van der Waals surface area contributed by atoms with Crippen molar-refractivity contribution in [2.45, 2.75) is 45.4 Å². The number of hydrogen-bond donors (Lipinski definition) is 0. The van der Waals surface area contributed by atoms with Gasteiger partial charge in [-0.25, -0.2) is 19.0 Å². The number of aromatic nitrogens is 4. The number of anilines is 1. The second-order valence-corrected chi connectivity index (χ2v) is 10.4. The topological polar surface area (TPSA) is 67.2 Å². The van der Waals surface area contributed by atoms with Crippen molar-refractivity contribution >= 4 is 22.8 Å². The Bertz CT molecular complexity index is 1450. The summed E-state index contributed by atoms with van der Waals surface area (Å²) in [6.07, 6.45) is 3.52. The highest BCUT2D eigenvalue weighted by atomic mass is 19.1. The summed E-state index contributed by atoms with van der Waals surface area (Å²) in [5.41, 5.74) is 3.61. The van der Waals surface area contributed by atoms with E-state index in [2.05, 4.69) is 36.1 Å². The Kier molecular flexibility index (Phi) is 6.55. The van der Waals surface area contributed by atoms with Gasteiger partial charge in [0.2, 0.25) is 5.91 Å². The van der Waals surface area contributed by atoms with Gasteiger partial charge in [0.15, 0.2) is 5.65 Å². The first-order valence-corrected chi connectivity index (χ1v) is 13.6. The summed E-state index contributed by atoms with van der Waals surface area (Å²) in [7, 11) is 0. The van der Waals surface area contributed by atoms with E-state index in [1.807, 2.05) is 17.9 Å². The van der Waals surface area contributed by atoms with E-state index in [0.29, 0.717) is 19.0 Å². The molecule has 1 aliphatic heterocycles. The molecule has 3 heterocycles. The molecular formula is C30H33FN6O. The van der Waals surface area contributed by atoms with E-state index in [0.717, 1.165) is 72.8 Å². The number of nitrogens with zero attached hydrogens (tertiary/aromatic N) is 6. The Balaban J connectivity index is 1.27. The molecule has 0 radical (unpaired) electrons. The van der Waals surface area contributed by atoms with Gasteiger partial charge in [0.1, 0.15) is 17.5 Å². The number of halogens is 1. The molecule has 2 aromatic heterocycles. The molecule has 2 aliphatic rings. The van der Waals surface area contributed by atoms with Crippen molar-refractivity contribution in [3.8, 4) is 5.69 Å². The summed E-state index contributed by atoms with van der Waals surface area (Å²) in [6.45, 7) is 7.06. The first kappa shape index (κ1) is 24.5. The molecule has 38 heavy (non-hydrogen) atoms. The van der Waals surface area contributed by atoms with Gasteiger partial charge in [-0.15, -0.1) is 0 Å². The normalized spacial score (nSPS) is 19.6. The Hall–Kier alpha value is -3.81. The van der Waals surface area contributed by atoms with Crippen LogP contribution < -0.4 is 4.90 Å². The highest BCUT2D eigenvalue weighted by Gasteiger charge is 2.45. The van der Waals surface area contributed by atoms with Crippen LogP contribution in [-0.4, -0.2) is 56.7 Å². The van der Waals surface area contributed by atoms with Gasteiger partial charge in [-0.05, 0) is 61.9 Å². The summed E-state index contributed by atoms with van der Waals surface area (Å²) >= 11 is 0. The molecule has 6 rings (SSSR count). The van der Waals surface area contributed by atoms with Crippen LogP contribution in [0, 0.1) is 18.7 Å². The lowest BCUT2D eigenvalue weighted by atomic mass is 10.1. The molecule has 1 amide bonds.